The molecule has 0 spiro atoms. The van der Waals surface area contributed by atoms with E-state index in [1.54, 1.807) is 0 Å². The lowest BCUT2D eigenvalue weighted by Crippen LogP contribution is -2.58. The van der Waals surface area contributed by atoms with Crippen molar-refractivity contribution in [2.75, 3.05) is 11.9 Å². The average Bonchev–Trinajstić information content (AvgIpc) is 2.30. The van der Waals surface area contributed by atoms with Crippen molar-refractivity contribution in [3.8, 4) is 0 Å². The summed E-state index contributed by atoms with van der Waals surface area (Å²) in [6.07, 6.45) is 5.20. The fourth-order valence-corrected chi connectivity index (χ4v) is 2.44. The van der Waals surface area contributed by atoms with E-state index in [-0.39, 0.29) is 5.41 Å². The van der Waals surface area contributed by atoms with Gasteiger partial charge in [-0.3, -0.25) is 4.98 Å². The third kappa shape index (κ3) is 2.29. The van der Waals surface area contributed by atoms with Crippen molar-refractivity contribution in [3.05, 3.63) is 24.0 Å². The van der Waals surface area contributed by atoms with Gasteiger partial charge in [0.1, 0.15) is 0 Å². The van der Waals surface area contributed by atoms with Crippen molar-refractivity contribution in [3.63, 3.8) is 0 Å². The molecule has 1 aliphatic rings. The van der Waals surface area contributed by atoms with Crippen LogP contribution >= 0.6 is 0 Å². The number of aryl methyl sites for hydroxylation is 1. The van der Waals surface area contributed by atoms with E-state index >= 15 is 0 Å². The summed E-state index contributed by atoms with van der Waals surface area (Å²) in [5, 5.41) is 3.61. The summed E-state index contributed by atoms with van der Waals surface area (Å²) in [7, 11) is 0. The fraction of sp³-hybridized carbons (Fsp3) is 0.643. The second-order valence-corrected chi connectivity index (χ2v) is 5.39. The number of hydrogen-bond acceptors (Lipinski definition) is 3. The molecule has 2 atom stereocenters. The van der Waals surface area contributed by atoms with Crippen LogP contribution < -0.4 is 5.32 Å². The zero-order chi connectivity index (χ0) is 12.5. The molecule has 0 radical (unpaired) electrons. The summed E-state index contributed by atoms with van der Waals surface area (Å²) >= 11 is 0. The summed E-state index contributed by atoms with van der Waals surface area (Å²) in [5.74, 6) is 0. The van der Waals surface area contributed by atoms with Crippen LogP contribution in [0.5, 0.6) is 0 Å². The Kier molecular flexibility index (Phi) is 3.38. The molecule has 2 unspecified atom stereocenters. The van der Waals surface area contributed by atoms with E-state index in [1.165, 1.54) is 11.3 Å². The molecule has 2 rings (SSSR count). The molecule has 3 heteroatoms. The highest BCUT2D eigenvalue weighted by molar-refractivity contribution is 5.50. The molecule has 0 bridgehead atoms. The molecule has 1 heterocycles. The van der Waals surface area contributed by atoms with Gasteiger partial charge in [0.25, 0.3) is 0 Å². The number of aromatic nitrogens is 1. The first-order chi connectivity index (χ1) is 8.05. The molecule has 1 fully saturated rings. The van der Waals surface area contributed by atoms with Gasteiger partial charge in [-0.2, -0.15) is 0 Å². The Bertz CT molecular complexity index is 390. The quantitative estimate of drug-likeness (QED) is 0.869. The zero-order valence-electron chi connectivity index (χ0n) is 11.2. The average molecular weight is 234 g/mol. The van der Waals surface area contributed by atoms with Crippen molar-refractivity contribution < 1.29 is 4.74 Å². The van der Waals surface area contributed by atoms with Crippen LogP contribution in [-0.4, -0.2) is 23.7 Å². The summed E-state index contributed by atoms with van der Waals surface area (Å²) in [6, 6.07) is 2.53. The fourth-order valence-electron chi connectivity index (χ4n) is 2.44. The lowest BCUT2D eigenvalue weighted by Gasteiger charge is -2.52. The van der Waals surface area contributed by atoms with E-state index in [1.807, 2.05) is 18.5 Å². The van der Waals surface area contributed by atoms with Gasteiger partial charge in [0.15, 0.2) is 0 Å². The van der Waals surface area contributed by atoms with Crippen LogP contribution in [-0.2, 0) is 4.74 Å². The highest BCUT2D eigenvalue weighted by Gasteiger charge is 2.48. The Balaban J connectivity index is 2.01. The number of hydrogen-bond donors (Lipinski definition) is 1. The molecule has 0 amide bonds. The van der Waals surface area contributed by atoms with Crippen molar-refractivity contribution in [1.82, 2.24) is 4.98 Å². The summed E-state index contributed by atoms with van der Waals surface area (Å²) in [6.45, 7) is 9.48. The second-order valence-electron chi connectivity index (χ2n) is 5.39. The molecule has 0 aliphatic heterocycles. The molecule has 0 aromatic carbocycles. The van der Waals surface area contributed by atoms with Crippen LogP contribution in [0.25, 0.3) is 0 Å². The molecule has 3 nitrogen and oxygen atoms in total. The predicted octanol–water partition coefficient (Wildman–Crippen LogP) is 3.01. The Morgan fingerprint density at radius 3 is 2.88 bits per heavy atom. The highest BCUT2D eigenvalue weighted by Crippen LogP contribution is 2.44. The molecule has 1 aromatic rings. The van der Waals surface area contributed by atoms with Gasteiger partial charge in [-0.15, -0.1) is 0 Å². The van der Waals surface area contributed by atoms with Gasteiger partial charge in [-0.25, -0.2) is 0 Å². The first-order valence-corrected chi connectivity index (χ1v) is 6.34. The molecule has 1 aromatic heterocycles. The second kappa shape index (κ2) is 4.65. The predicted molar refractivity (Wildman–Crippen MR) is 70.2 cm³/mol. The summed E-state index contributed by atoms with van der Waals surface area (Å²) < 4.78 is 5.74. The smallest absolute Gasteiger partial charge is 0.0665 e. The van der Waals surface area contributed by atoms with Gasteiger partial charge < -0.3 is 10.1 Å². The lowest BCUT2D eigenvalue weighted by molar-refractivity contribution is -0.0976. The van der Waals surface area contributed by atoms with Crippen LogP contribution in [0.2, 0.25) is 0 Å². The minimum atomic E-state index is 0.200. The van der Waals surface area contributed by atoms with Crippen molar-refractivity contribution in [2.24, 2.45) is 5.41 Å². The van der Waals surface area contributed by atoms with Crippen molar-refractivity contribution in [2.45, 2.75) is 46.3 Å². The minimum Gasteiger partial charge on any atom is -0.381 e. The topological polar surface area (TPSA) is 34.1 Å². The highest BCUT2D eigenvalue weighted by atomic mass is 16.5. The normalized spacial score (nSPS) is 26.4. The Morgan fingerprint density at radius 2 is 2.29 bits per heavy atom. The zero-order valence-corrected chi connectivity index (χ0v) is 11.2. The van der Waals surface area contributed by atoms with Gasteiger partial charge in [0.2, 0.25) is 0 Å². The van der Waals surface area contributed by atoms with E-state index in [0.717, 1.165) is 13.0 Å². The van der Waals surface area contributed by atoms with Gasteiger partial charge >= 0.3 is 0 Å². The number of pyridine rings is 1. The Hall–Kier alpha value is -1.09. The Labute approximate surface area is 104 Å². The summed E-state index contributed by atoms with van der Waals surface area (Å²) in [4.78, 5) is 4.11. The molecule has 1 N–H and O–H groups in total. The first kappa shape index (κ1) is 12.4. The number of nitrogens with one attached hydrogen (secondary N) is 1. The van der Waals surface area contributed by atoms with E-state index in [4.69, 9.17) is 4.74 Å². The number of ether oxygens (including phenoxy) is 1. The van der Waals surface area contributed by atoms with E-state index in [2.05, 4.69) is 38.0 Å². The summed E-state index contributed by atoms with van der Waals surface area (Å²) in [5.41, 5.74) is 2.59. The maximum atomic E-state index is 5.74. The van der Waals surface area contributed by atoms with Crippen LogP contribution in [0, 0.1) is 12.3 Å². The number of nitrogens with zero attached hydrogens (tertiary/aromatic N) is 1. The maximum Gasteiger partial charge on any atom is 0.0665 e. The third-order valence-electron chi connectivity index (χ3n) is 3.90. The number of rotatable bonds is 4. The molecular formula is C14H22N2O. The lowest BCUT2D eigenvalue weighted by atomic mass is 9.64. The van der Waals surface area contributed by atoms with Crippen molar-refractivity contribution >= 4 is 5.69 Å². The van der Waals surface area contributed by atoms with E-state index in [9.17, 15) is 0 Å². The monoisotopic (exact) mass is 234 g/mol. The molecule has 1 aliphatic carbocycles. The maximum absolute atomic E-state index is 5.74. The molecule has 94 valence electrons. The van der Waals surface area contributed by atoms with Gasteiger partial charge in [0, 0.05) is 36.1 Å². The molecule has 1 saturated carbocycles. The van der Waals surface area contributed by atoms with E-state index < -0.39 is 0 Å². The van der Waals surface area contributed by atoms with Crippen molar-refractivity contribution in [1.29, 1.82) is 0 Å². The van der Waals surface area contributed by atoms with Crippen LogP contribution in [0.1, 0.15) is 32.8 Å². The SMILES string of the molecule is CCOC1CC(Nc2ccncc2C)C1(C)C. The van der Waals surface area contributed by atoms with Crippen LogP contribution in [0.3, 0.4) is 0 Å². The Morgan fingerprint density at radius 1 is 1.53 bits per heavy atom. The van der Waals surface area contributed by atoms with Crippen LogP contribution in [0.15, 0.2) is 18.5 Å². The molecule has 17 heavy (non-hydrogen) atoms. The third-order valence-corrected chi connectivity index (χ3v) is 3.90. The standard InChI is InChI=1S/C14H22N2O/c1-5-17-13-8-12(14(13,3)4)16-11-6-7-15-9-10(11)2/h6-7,9,12-13H,5,8H2,1-4H3,(H,15,16). The molecular weight excluding hydrogens is 212 g/mol. The van der Waals surface area contributed by atoms with Crippen LogP contribution in [0.4, 0.5) is 5.69 Å². The van der Waals surface area contributed by atoms with Gasteiger partial charge in [-0.05, 0) is 31.9 Å². The first-order valence-electron chi connectivity index (χ1n) is 6.34. The van der Waals surface area contributed by atoms with Gasteiger partial charge in [-0.1, -0.05) is 13.8 Å². The van der Waals surface area contributed by atoms with Gasteiger partial charge in [0.05, 0.1) is 6.10 Å². The van der Waals surface area contributed by atoms with E-state index in [0.29, 0.717) is 12.1 Å². The largest absolute Gasteiger partial charge is 0.381 e. The minimum absolute atomic E-state index is 0.200. The number of anilines is 1. The molecule has 0 saturated heterocycles.